The normalized spacial score (nSPS) is 16.6. The molecule has 1 amide bonds. The number of hydrogen-bond acceptors (Lipinski definition) is 6. The third-order valence-electron chi connectivity index (χ3n) is 4.82. The van der Waals surface area contributed by atoms with Gasteiger partial charge in [0.15, 0.2) is 5.76 Å². The summed E-state index contributed by atoms with van der Waals surface area (Å²) in [5.41, 5.74) is 1.69. The number of nitrogens with one attached hydrogen (secondary N) is 1. The lowest BCUT2D eigenvalue weighted by Gasteiger charge is -2.33. The molecule has 0 fully saturated rings. The number of amides is 1. The molecule has 0 radical (unpaired) electrons. The summed E-state index contributed by atoms with van der Waals surface area (Å²) < 4.78 is 4.93. The number of nitrogens with zero attached hydrogens (tertiary/aromatic N) is 2. The van der Waals surface area contributed by atoms with Crippen molar-refractivity contribution in [2.45, 2.75) is 40.0 Å². The SMILES string of the molecule is CC(C)(C)[C@H]1CCc2c(sc(NC(=O)c3ccc([N+](=O)[O-])o3)c2C#N)C1. The van der Waals surface area contributed by atoms with Crippen molar-refractivity contribution in [1.29, 1.82) is 5.26 Å². The van der Waals surface area contributed by atoms with E-state index in [9.17, 15) is 20.2 Å². The number of hydrogen-bond donors (Lipinski definition) is 1. The third kappa shape index (κ3) is 3.35. The van der Waals surface area contributed by atoms with Gasteiger partial charge < -0.3 is 9.73 Å². The number of carbonyl (C=O) groups is 1. The molecular weight excluding hydrogens is 354 g/mol. The van der Waals surface area contributed by atoms with Crippen LogP contribution in [0.4, 0.5) is 10.9 Å². The maximum atomic E-state index is 12.3. The molecule has 0 aromatic carbocycles. The minimum absolute atomic E-state index is 0.153. The van der Waals surface area contributed by atoms with Crippen LogP contribution in [0.25, 0.3) is 0 Å². The van der Waals surface area contributed by atoms with Crippen LogP contribution in [-0.4, -0.2) is 10.8 Å². The fraction of sp³-hybridized carbons (Fsp3) is 0.444. The maximum Gasteiger partial charge on any atom is 0.433 e. The molecule has 0 unspecified atom stereocenters. The molecule has 1 aliphatic carbocycles. The van der Waals surface area contributed by atoms with Crippen LogP contribution >= 0.6 is 11.3 Å². The van der Waals surface area contributed by atoms with Gasteiger partial charge in [0.1, 0.15) is 16.0 Å². The molecule has 136 valence electrons. The highest BCUT2D eigenvalue weighted by atomic mass is 32.1. The first-order chi connectivity index (χ1) is 12.2. The summed E-state index contributed by atoms with van der Waals surface area (Å²) in [5.74, 6) is -0.717. The predicted octanol–water partition coefficient (Wildman–Crippen LogP) is 4.52. The summed E-state index contributed by atoms with van der Waals surface area (Å²) in [6.07, 6.45) is 2.72. The van der Waals surface area contributed by atoms with Crippen LogP contribution in [0.3, 0.4) is 0 Å². The van der Waals surface area contributed by atoms with Crippen molar-refractivity contribution in [3.63, 3.8) is 0 Å². The van der Waals surface area contributed by atoms with Crippen molar-refractivity contribution in [2.75, 3.05) is 5.32 Å². The average molecular weight is 373 g/mol. The first kappa shape index (κ1) is 18.1. The van der Waals surface area contributed by atoms with Gasteiger partial charge in [0.05, 0.1) is 11.6 Å². The molecule has 0 aliphatic heterocycles. The van der Waals surface area contributed by atoms with Crippen LogP contribution in [0, 0.1) is 32.8 Å². The van der Waals surface area contributed by atoms with Crippen LogP contribution < -0.4 is 5.32 Å². The van der Waals surface area contributed by atoms with Gasteiger partial charge in [-0.15, -0.1) is 11.3 Å². The second-order valence-electron chi connectivity index (χ2n) is 7.47. The maximum absolute atomic E-state index is 12.3. The topological polar surface area (TPSA) is 109 Å². The van der Waals surface area contributed by atoms with Crippen molar-refractivity contribution in [3.05, 3.63) is 44.0 Å². The summed E-state index contributed by atoms with van der Waals surface area (Å²) >= 11 is 1.41. The van der Waals surface area contributed by atoms with Crippen LogP contribution in [0.2, 0.25) is 0 Å². The first-order valence-corrected chi connectivity index (χ1v) is 9.12. The Hall–Kier alpha value is -2.66. The largest absolute Gasteiger partial charge is 0.433 e. The minimum atomic E-state index is -0.700. The Morgan fingerprint density at radius 1 is 1.46 bits per heavy atom. The molecule has 2 heterocycles. The Morgan fingerprint density at radius 2 is 2.19 bits per heavy atom. The number of furan rings is 1. The lowest BCUT2D eigenvalue weighted by atomic mass is 9.72. The highest BCUT2D eigenvalue weighted by Gasteiger charge is 2.32. The van der Waals surface area contributed by atoms with Crippen molar-refractivity contribution >= 4 is 28.1 Å². The Morgan fingerprint density at radius 3 is 2.77 bits per heavy atom. The van der Waals surface area contributed by atoms with E-state index in [1.54, 1.807) is 0 Å². The number of rotatable bonds is 3. The van der Waals surface area contributed by atoms with E-state index in [1.807, 2.05) is 0 Å². The molecule has 0 saturated carbocycles. The van der Waals surface area contributed by atoms with Crippen LogP contribution in [-0.2, 0) is 12.8 Å². The lowest BCUT2D eigenvalue weighted by Crippen LogP contribution is -2.26. The molecule has 7 nitrogen and oxygen atoms in total. The second-order valence-corrected chi connectivity index (χ2v) is 8.58. The lowest BCUT2D eigenvalue weighted by molar-refractivity contribution is -0.402. The predicted molar refractivity (Wildman–Crippen MR) is 97.3 cm³/mol. The zero-order valence-corrected chi connectivity index (χ0v) is 15.6. The van der Waals surface area contributed by atoms with Gasteiger partial charge in [-0.05, 0) is 42.2 Å². The molecule has 1 N–H and O–H groups in total. The molecule has 3 rings (SSSR count). The molecule has 2 aromatic heterocycles. The number of nitriles is 1. The Bertz CT molecular complexity index is 914. The van der Waals surface area contributed by atoms with Crippen LogP contribution in [0.5, 0.6) is 0 Å². The molecule has 0 spiro atoms. The number of carbonyl (C=O) groups excluding carboxylic acids is 1. The Labute approximate surface area is 154 Å². The van der Waals surface area contributed by atoms with Gasteiger partial charge in [-0.25, -0.2) is 0 Å². The van der Waals surface area contributed by atoms with E-state index in [0.717, 1.165) is 35.8 Å². The second kappa shape index (κ2) is 6.57. The quantitative estimate of drug-likeness (QED) is 0.628. The molecule has 1 aliphatic rings. The highest BCUT2D eigenvalue weighted by Crippen LogP contribution is 2.44. The fourth-order valence-electron chi connectivity index (χ4n) is 3.24. The minimum Gasteiger partial charge on any atom is -0.395 e. The van der Waals surface area contributed by atoms with E-state index in [2.05, 4.69) is 32.2 Å². The van der Waals surface area contributed by atoms with Gasteiger partial charge >= 0.3 is 5.88 Å². The van der Waals surface area contributed by atoms with Gasteiger partial charge in [0.2, 0.25) is 0 Å². The third-order valence-corrected chi connectivity index (χ3v) is 5.99. The van der Waals surface area contributed by atoms with Crippen molar-refractivity contribution in [2.24, 2.45) is 11.3 Å². The molecule has 2 aromatic rings. The van der Waals surface area contributed by atoms with E-state index < -0.39 is 16.7 Å². The van der Waals surface area contributed by atoms with Gasteiger partial charge in [0, 0.05) is 4.88 Å². The number of nitro groups is 1. The van der Waals surface area contributed by atoms with Gasteiger partial charge in [-0.2, -0.15) is 5.26 Å². The smallest absolute Gasteiger partial charge is 0.395 e. The Kier molecular flexibility index (Phi) is 4.59. The molecular formula is C18H19N3O4S. The van der Waals surface area contributed by atoms with E-state index in [0.29, 0.717) is 16.5 Å². The summed E-state index contributed by atoms with van der Waals surface area (Å²) in [6.45, 7) is 6.65. The fourth-order valence-corrected chi connectivity index (χ4v) is 4.52. The molecule has 0 bridgehead atoms. The van der Waals surface area contributed by atoms with Crippen LogP contribution in [0.15, 0.2) is 16.5 Å². The molecule has 1 atom stereocenters. The van der Waals surface area contributed by atoms with Crippen LogP contribution in [0.1, 0.15) is 53.8 Å². The molecule has 0 saturated heterocycles. The monoisotopic (exact) mass is 373 g/mol. The van der Waals surface area contributed by atoms with Crippen molar-refractivity contribution < 1.29 is 14.1 Å². The standard InChI is InChI=1S/C18H19N3O4S/c1-18(2,3)10-4-5-11-12(9-19)17(26-14(11)8-10)20-16(22)13-6-7-15(25-13)21(23)24/h6-7,10H,4-5,8H2,1-3H3,(H,20,22)/t10-/m0/s1. The van der Waals surface area contributed by atoms with Crippen molar-refractivity contribution in [3.8, 4) is 6.07 Å². The summed E-state index contributed by atoms with van der Waals surface area (Å²) in [4.78, 5) is 23.4. The van der Waals surface area contributed by atoms with Gasteiger partial charge in [0.25, 0.3) is 5.91 Å². The van der Waals surface area contributed by atoms with E-state index >= 15 is 0 Å². The summed E-state index contributed by atoms with van der Waals surface area (Å²) in [5, 5.41) is 23.4. The zero-order valence-electron chi connectivity index (χ0n) is 14.8. The average Bonchev–Trinajstić information content (AvgIpc) is 3.17. The number of anilines is 1. The first-order valence-electron chi connectivity index (χ1n) is 8.31. The summed E-state index contributed by atoms with van der Waals surface area (Å²) in [7, 11) is 0. The highest BCUT2D eigenvalue weighted by molar-refractivity contribution is 7.16. The van der Waals surface area contributed by atoms with E-state index in [4.69, 9.17) is 4.42 Å². The number of thiophene rings is 1. The van der Waals surface area contributed by atoms with E-state index in [-0.39, 0.29) is 11.2 Å². The Balaban J connectivity index is 1.85. The zero-order chi connectivity index (χ0) is 19.1. The summed E-state index contributed by atoms with van der Waals surface area (Å²) in [6, 6.07) is 4.58. The van der Waals surface area contributed by atoms with Crippen molar-refractivity contribution in [1.82, 2.24) is 0 Å². The number of fused-ring (bicyclic) bond motifs is 1. The molecule has 8 heteroatoms. The van der Waals surface area contributed by atoms with E-state index in [1.165, 1.54) is 17.4 Å². The van der Waals surface area contributed by atoms with Gasteiger partial charge in [-0.3, -0.25) is 14.9 Å². The van der Waals surface area contributed by atoms with Gasteiger partial charge in [-0.1, -0.05) is 20.8 Å². The molecule has 26 heavy (non-hydrogen) atoms.